The molecule has 0 aromatic heterocycles. The molecule has 0 fully saturated rings. The topological polar surface area (TPSA) is 36.9 Å². The molecule has 0 radical (unpaired) electrons. The van der Waals surface area contributed by atoms with Crippen molar-refractivity contribution in [3.8, 4) is 0 Å². The Morgan fingerprint density at radius 2 is 2.00 bits per heavy atom. The molecule has 0 spiro atoms. The molecular formula is C12H27N3OSi. The minimum absolute atomic E-state index is 0.0878. The van der Waals surface area contributed by atoms with Gasteiger partial charge in [0, 0.05) is 7.05 Å². The van der Waals surface area contributed by atoms with Crippen LogP contribution in [0.2, 0.25) is 18.1 Å². The van der Waals surface area contributed by atoms with E-state index in [-0.39, 0.29) is 10.6 Å². The van der Waals surface area contributed by atoms with E-state index in [2.05, 4.69) is 51.4 Å². The van der Waals surface area contributed by atoms with Gasteiger partial charge in [-0.25, -0.2) is 5.53 Å². The highest BCUT2D eigenvalue weighted by Gasteiger charge is 2.42. The summed E-state index contributed by atoms with van der Waals surface area (Å²) in [6, 6.07) is 0. The lowest BCUT2D eigenvalue weighted by atomic mass is 9.99. The SMILES string of the molecule is CCC1(CO[Si](C)(C)C(C)(C)C)C=NNN1C. The molecule has 1 N–H and O–H groups in total. The maximum atomic E-state index is 6.31. The number of hydrazone groups is 1. The summed E-state index contributed by atoms with van der Waals surface area (Å²) in [5, 5.41) is 6.43. The molecule has 0 bridgehead atoms. The third kappa shape index (κ3) is 2.89. The average Bonchev–Trinajstić information content (AvgIpc) is 2.56. The van der Waals surface area contributed by atoms with E-state index in [1.54, 1.807) is 0 Å². The first-order chi connectivity index (χ1) is 7.65. The predicted molar refractivity (Wildman–Crippen MR) is 75.6 cm³/mol. The van der Waals surface area contributed by atoms with Crippen LogP contribution in [0.25, 0.3) is 0 Å². The van der Waals surface area contributed by atoms with Gasteiger partial charge in [0.15, 0.2) is 8.32 Å². The van der Waals surface area contributed by atoms with Crippen LogP contribution >= 0.6 is 0 Å². The van der Waals surface area contributed by atoms with E-state index in [1.165, 1.54) is 0 Å². The molecule has 17 heavy (non-hydrogen) atoms. The predicted octanol–water partition coefficient (Wildman–Crippen LogP) is 2.59. The van der Waals surface area contributed by atoms with Crippen molar-refractivity contribution in [2.45, 2.75) is 57.8 Å². The molecule has 0 amide bonds. The smallest absolute Gasteiger partial charge is 0.192 e. The number of nitrogens with one attached hydrogen (secondary N) is 1. The first-order valence-corrected chi connectivity index (χ1v) is 9.23. The molecule has 1 rings (SSSR count). The van der Waals surface area contributed by atoms with Crippen molar-refractivity contribution in [3.63, 3.8) is 0 Å². The monoisotopic (exact) mass is 257 g/mol. The summed E-state index contributed by atoms with van der Waals surface area (Å²) in [7, 11) is 0.338. The Kier molecular flexibility index (Phi) is 4.06. The number of hydrogen-bond donors (Lipinski definition) is 1. The standard InChI is InChI=1S/C12H27N3OSi/c1-8-12(9-13-14-15(12)5)10-16-17(6,7)11(2,3)4/h9,14H,8,10H2,1-7H3. The fraction of sp³-hybridized carbons (Fsp3) is 0.917. The Morgan fingerprint density at radius 3 is 2.35 bits per heavy atom. The lowest BCUT2D eigenvalue weighted by Gasteiger charge is -2.40. The number of hydrogen-bond acceptors (Lipinski definition) is 4. The molecule has 0 saturated heterocycles. The average molecular weight is 257 g/mol. The highest BCUT2D eigenvalue weighted by atomic mass is 28.4. The Morgan fingerprint density at radius 1 is 1.41 bits per heavy atom. The van der Waals surface area contributed by atoms with Crippen LogP contribution in [0.5, 0.6) is 0 Å². The first-order valence-electron chi connectivity index (χ1n) is 6.32. The molecular weight excluding hydrogens is 230 g/mol. The van der Waals surface area contributed by atoms with Crippen molar-refractivity contribution < 1.29 is 4.43 Å². The van der Waals surface area contributed by atoms with E-state index in [0.717, 1.165) is 6.42 Å². The zero-order valence-corrected chi connectivity index (χ0v) is 13.3. The van der Waals surface area contributed by atoms with E-state index in [9.17, 15) is 0 Å². The molecule has 100 valence electrons. The number of rotatable bonds is 4. The Balaban J connectivity index is 2.70. The maximum Gasteiger partial charge on any atom is 0.192 e. The molecule has 1 atom stereocenters. The van der Waals surface area contributed by atoms with Crippen LogP contribution < -0.4 is 5.53 Å². The van der Waals surface area contributed by atoms with Crippen LogP contribution in [-0.2, 0) is 4.43 Å². The van der Waals surface area contributed by atoms with Crippen LogP contribution in [-0.4, -0.2) is 38.7 Å². The molecule has 0 aromatic carbocycles. The highest BCUT2D eigenvalue weighted by Crippen LogP contribution is 2.37. The minimum atomic E-state index is -1.68. The summed E-state index contributed by atoms with van der Waals surface area (Å²) >= 11 is 0. The van der Waals surface area contributed by atoms with E-state index < -0.39 is 8.32 Å². The van der Waals surface area contributed by atoms with Gasteiger partial charge in [-0.2, -0.15) is 10.1 Å². The number of likely N-dealkylation sites (N-methyl/N-ethyl adjacent to an activating group) is 1. The summed E-state index contributed by atoms with van der Waals surface area (Å²) < 4.78 is 6.31. The van der Waals surface area contributed by atoms with Gasteiger partial charge in [-0.15, -0.1) is 0 Å². The van der Waals surface area contributed by atoms with E-state index in [4.69, 9.17) is 4.43 Å². The summed E-state index contributed by atoms with van der Waals surface area (Å²) in [6.45, 7) is 14.3. The second kappa shape index (κ2) is 4.70. The number of hydrazine groups is 1. The summed E-state index contributed by atoms with van der Waals surface area (Å²) in [5.41, 5.74) is 2.89. The van der Waals surface area contributed by atoms with E-state index >= 15 is 0 Å². The van der Waals surface area contributed by atoms with Gasteiger partial charge >= 0.3 is 0 Å². The summed E-state index contributed by atoms with van der Waals surface area (Å²) in [4.78, 5) is 0. The lowest BCUT2D eigenvalue weighted by Crippen LogP contribution is -2.54. The fourth-order valence-electron chi connectivity index (χ4n) is 1.51. The van der Waals surface area contributed by atoms with Crippen LogP contribution in [0.1, 0.15) is 34.1 Å². The quantitative estimate of drug-likeness (QED) is 0.787. The Labute approximate surface area is 107 Å². The van der Waals surface area contributed by atoms with E-state index in [0.29, 0.717) is 6.61 Å². The van der Waals surface area contributed by atoms with Gasteiger partial charge in [0.05, 0.1) is 18.4 Å². The van der Waals surface area contributed by atoms with Gasteiger partial charge in [0.25, 0.3) is 0 Å². The number of nitrogens with zero attached hydrogens (tertiary/aromatic N) is 2. The van der Waals surface area contributed by atoms with Crippen molar-refractivity contribution in [3.05, 3.63) is 0 Å². The van der Waals surface area contributed by atoms with Crippen molar-refractivity contribution in [1.82, 2.24) is 10.5 Å². The normalized spacial score (nSPS) is 26.3. The zero-order valence-electron chi connectivity index (χ0n) is 12.3. The molecule has 5 heteroatoms. The Bertz CT molecular complexity index is 299. The van der Waals surface area contributed by atoms with Gasteiger partial charge in [-0.05, 0) is 24.6 Å². The fourth-order valence-corrected chi connectivity index (χ4v) is 2.55. The van der Waals surface area contributed by atoms with Gasteiger partial charge in [-0.1, -0.05) is 27.7 Å². The summed E-state index contributed by atoms with van der Waals surface area (Å²) in [6.07, 6.45) is 2.97. The third-order valence-electron chi connectivity index (χ3n) is 4.28. The third-order valence-corrected chi connectivity index (χ3v) is 8.76. The molecule has 1 aliphatic heterocycles. The largest absolute Gasteiger partial charge is 0.414 e. The van der Waals surface area contributed by atoms with Crippen LogP contribution in [0.3, 0.4) is 0 Å². The minimum Gasteiger partial charge on any atom is -0.414 e. The van der Waals surface area contributed by atoms with Gasteiger partial charge in [0.1, 0.15) is 0 Å². The molecule has 0 aliphatic carbocycles. The van der Waals surface area contributed by atoms with Crippen molar-refractivity contribution in [2.24, 2.45) is 5.10 Å². The van der Waals surface area contributed by atoms with Crippen molar-refractivity contribution in [2.75, 3.05) is 13.7 Å². The molecule has 0 aromatic rings. The summed E-state index contributed by atoms with van der Waals surface area (Å²) in [5.74, 6) is 0. The molecule has 1 unspecified atom stereocenters. The highest BCUT2D eigenvalue weighted by molar-refractivity contribution is 6.74. The van der Waals surface area contributed by atoms with Crippen LogP contribution in [0, 0.1) is 0 Å². The Hall–Kier alpha value is -0.393. The molecule has 0 saturated carbocycles. The zero-order chi connectivity index (χ0) is 13.3. The first kappa shape index (κ1) is 14.7. The maximum absolute atomic E-state index is 6.31. The molecule has 1 heterocycles. The van der Waals surface area contributed by atoms with Crippen molar-refractivity contribution >= 4 is 14.5 Å². The van der Waals surface area contributed by atoms with Crippen LogP contribution in [0.4, 0.5) is 0 Å². The van der Waals surface area contributed by atoms with Gasteiger partial charge < -0.3 is 4.43 Å². The van der Waals surface area contributed by atoms with E-state index in [1.807, 2.05) is 18.3 Å². The molecule has 4 nitrogen and oxygen atoms in total. The van der Waals surface area contributed by atoms with Crippen molar-refractivity contribution in [1.29, 1.82) is 0 Å². The van der Waals surface area contributed by atoms with Crippen LogP contribution in [0.15, 0.2) is 5.10 Å². The lowest BCUT2D eigenvalue weighted by molar-refractivity contribution is 0.0849. The van der Waals surface area contributed by atoms with Gasteiger partial charge in [-0.3, -0.25) is 0 Å². The second-order valence-corrected chi connectivity index (χ2v) is 11.2. The van der Waals surface area contributed by atoms with Gasteiger partial charge in [0.2, 0.25) is 0 Å². The molecule has 1 aliphatic rings. The second-order valence-electron chi connectivity index (χ2n) is 6.42.